The standard InChI is InChI=1S/C36H46N15O15PS2/c1-58-22-13(3-4-16(52)53)62-33(50-11-47-18-27(38)41-8-44-30(18)50)24(22)65-36(68)35(56)60-5-15-23(59-2)25(34(64-15)51-12-48-19-28(39)42-9-45-31(19)51)66-67(57,69)61-6-14-20(54)21(55)32(63-14)49-10-46-17-26(37)40-7-43-29(17)49/h7-15,20-25,32-36,54-56,68H,3-6H2,1-2H3,(H,52,53)(H,57,69)(H2,37,40,43)(H2,38,41,44)(H2,39,42,45). The Morgan fingerprint density at radius 1 is 0.725 bits per heavy atom. The average molecular weight is 1020 g/mol. The summed E-state index contributed by atoms with van der Waals surface area (Å²) in [5.74, 6) is -0.795. The van der Waals surface area contributed by atoms with Gasteiger partial charge >= 0.3 is 12.7 Å². The Bertz CT molecular complexity index is 2850. The number of nitrogen functional groups attached to an aromatic ring is 3. The predicted molar refractivity (Wildman–Crippen MR) is 238 cm³/mol. The molecule has 6 aromatic rings. The van der Waals surface area contributed by atoms with Crippen molar-refractivity contribution in [3.8, 4) is 0 Å². The van der Waals surface area contributed by atoms with Crippen LogP contribution in [0.4, 0.5) is 17.5 Å². The highest BCUT2D eigenvalue weighted by molar-refractivity contribution is 8.07. The molecule has 0 bridgehead atoms. The number of nitrogens with zero attached hydrogens (tertiary/aromatic N) is 12. The minimum atomic E-state index is -4.34. The number of carboxylic acid groups (broad SMARTS) is 1. The van der Waals surface area contributed by atoms with Crippen molar-refractivity contribution in [2.24, 2.45) is 0 Å². The molecule has 372 valence electrons. The molecule has 0 aromatic carbocycles. The van der Waals surface area contributed by atoms with Crippen LogP contribution >= 0.6 is 19.3 Å². The second-order valence-corrected chi connectivity index (χ2v) is 19.1. The molecular weight excluding hydrogens is 978 g/mol. The van der Waals surface area contributed by atoms with Gasteiger partial charge in [-0.1, -0.05) is 0 Å². The molecule has 33 heteroatoms. The molecular formula is C36H46N15O15PS2. The van der Waals surface area contributed by atoms with E-state index in [1.807, 2.05) is 0 Å². The number of carboxylic acids is 1. The second kappa shape index (κ2) is 20.0. The predicted octanol–water partition coefficient (Wildman–Crippen LogP) is -1.84. The van der Waals surface area contributed by atoms with Crippen molar-refractivity contribution >= 4 is 88.1 Å². The molecule has 9 heterocycles. The van der Waals surface area contributed by atoms with Crippen LogP contribution in [0, 0.1) is 0 Å². The van der Waals surface area contributed by atoms with Gasteiger partial charge in [0.2, 0.25) is 0 Å². The van der Waals surface area contributed by atoms with Crippen molar-refractivity contribution in [3.05, 3.63) is 38.0 Å². The summed E-state index contributed by atoms with van der Waals surface area (Å²) >= 11 is 10.00. The third-order valence-corrected chi connectivity index (χ3v) is 13.6. The Balaban J connectivity index is 0.908. The van der Waals surface area contributed by atoms with E-state index in [2.05, 4.69) is 57.5 Å². The summed E-state index contributed by atoms with van der Waals surface area (Å²) in [6.45, 7) is -5.32. The van der Waals surface area contributed by atoms with E-state index in [1.54, 1.807) is 0 Å². The van der Waals surface area contributed by atoms with E-state index in [9.17, 15) is 30.1 Å². The number of aromatic nitrogens is 12. The highest BCUT2D eigenvalue weighted by atomic mass is 32.5. The van der Waals surface area contributed by atoms with Crippen LogP contribution in [-0.4, -0.2) is 184 Å². The molecule has 0 aliphatic carbocycles. The van der Waals surface area contributed by atoms with Crippen LogP contribution < -0.4 is 17.2 Å². The Hall–Kier alpha value is -5.00. The van der Waals surface area contributed by atoms with Crippen molar-refractivity contribution in [1.29, 1.82) is 0 Å². The van der Waals surface area contributed by atoms with E-state index in [0.29, 0.717) is 0 Å². The zero-order valence-corrected chi connectivity index (χ0v) is 38.7. The first-order chi connectivity index (χ1) is 33.1. The Morgan fingerprint density at radius 3 is 1.72 bits per heavy atom. The first-order valence-corrected chi connectivity index (χ1v) is 23.9. The van der Waals surface area contributed by atoms with Crippen molar-refractivity contribution in [1.82, 2.24) is 58.6 Å². The fourth-order valence-corrected chi connectivity index (χ4v) is 10.1. The lowest BCUT2D eigenvalue weighted by Gasteiger charge is -2.29. The fraction of sp³-hybridized carbons (Fsp3) is 0.556. The fourth-order valence-electron chi connectivity index (χ4n) is 8.45. The lowest BCUT2D eigenvalue weighted by Crippen LogP contribution is -2.42. The van der Waals surface area contributed by atoms with Crippen molar-refractivity contribution in [2.75, 3.05) is 44.6 Å². The summed E-state index contributed by atoms with van der Waals surface area (Å²) in [6, 6.07) is 0. The molecule has 6 aromatic heterocycles. The van der Waals surface area contributed by atoms with Gasteiger partial charge in [-0.25, -0.2) is 44.9 Å². The molecule has 11 N–H and O–H groups in total. The van der Waals surface area contributed by atoms with E-state index in [0.717, 1.165) is 0 Å². The zero-order chi connectivity index (χ0) is 48.9. The maximum atomic E-state index is 11.6. The zero-order valence-electron chi connectivity index (χ0n) is 36.1. The van der Waals surface area contributed by atoms with Crippen LogP contribution in [0.3, 0.4) is 0 Å². The molecule has 3 aliphatic rings. The van der Waals surface area contributed by atoms with E-state index in [-0.39, 0.29) is 63.8 Å². The third-order valence-electron chi connectivity index (χ3n) is 11.7. The Labute approximate surface area is 398 Å². The lowest BCUT2D eigenvalue weighted by molar-refractivity contribution is -0.197. The van der Waals surface area contributed by atoms with Gasteiger partial charge in [-0.2, -0.15) is 0 Å². The number of nitrogens with two attached hydrogens (primary N) is 3. The normalized spacial score (nSPS) is 30.1. The molecule has 0 amide bonds. The van der Waals surface area contributed by atoms with Gasteiger partial charge < -0.3 is 80.2 Å². The number of aliphatic hydroxyl groups excluding tert-OH is 3. The first kappa shape index (κ1) is 49.0. The van der Waals surface area contributed by atoms with Gasteiger partial charge in [0.1, 0.15) is 84.4 Å². The summed E-state index contributed by atoms with van der Waals surface area (Å²) in [5, 5.41) is 42.8. The number of ether oxygens (including phenoxy) is 7. The quantitative estimate of drug-likeness (QED) is 0.0244. The van der Waals surface area contributed by atoms with Crippen LogP contribution in [0.25, 0.3) is 33.5 Å². The van der Waals surface area contributed by atoms with Gasteiger partial charge in [0.25, 0.3) is 0 Å². The Morgan fingerprint density at radius 2 is 1.20 bits per heavy atom. The van der Waals surface area contributed by atoms with Crippen molar-refractivity contribution < 1.29 is 72.3 Å². The number of thiol groups is 1. The number of imidazole rings is 3. The number of carbonyl (C=O) groups is 1. The Kier molecular flexibility index (Phi) is 14.2. The number of methoxy groups -OCH3 is 2. The second-order valence-electron chi connectivity index (χ2n) is 15.8. The number of aliphatic carboxylic acids is 1. The highest BCUT2D eigenvalue weighted by Crippen LogP contribution is 2.51. The average Bonchev–Trinajstić information content (AvgIpc) is 4.19. The molecule has 15 unspecified atom stereocenters. The maximum absolute atomic E-state index is 11.6. The number of hydrogen-bond donors (Lipinski definition) is 9. The third kappa shape index (κ3) is 9.51. The van der Waals surface area contributed by atoms with Crippen LogP contribution in [-0.2, 0) is 58.8 Å². The largest absolute Gasteiger partial charge is 0.481 e. The monoisotopic (exact) mass is 1020 g/mol. The van der Waals surface area contributed by atoms with Crippen LogP contribution in [0.5, 0.6) is 0 Å². The van der Waals surface area contributed by atoms with Gasteiger partial charge in [0.15, 0.2) is 64.8 Å². The highest BCUT2D eigenvalue weighted by Gasteiger charge is 2.52. The number of hydrogen-bond acceptors (Lipinski definition) is 27. The molecule has 0 spiro atoms. The smallest absolute Gasteiger partial charge is 0.325 e. The van der Waals surface area contributed by atoms with Gasteiger partial charge in [0.05, 0.1) is 38.3 Å². The van der Waals surface area contributed by atoms with Crippen LogP contribution in [0.2, 0.25) is 0 Å². The van der Waals surface area contributed by atoms with E-state index in [4.69, 9.17) is 71.2 Å². The number of rotatable bonds is 19. The first-order valence-electron chi connectivity index (χ1n) is 20.8. The molecule has 9 rings (SSSR count). The van der Waals surface area contributed by atoms with E-state index < -0.39 is 111 Å². The minimum absolute atomic E-state index is 0.0416. The summed E-state index contributed by atoms with van der Waals surface area (Å²) in [5.41, 5.74) is 18.1. The molecule has 69 heavy (non-hydrogen) atoms. The molecule has 3 fully saturated rings. The molecule has 3 aliphatic heterocycles. The molecule has 3 saturated heterocycles. The molecule has 0 saturated carbocycles. The number of anilines is 3. The number of fused-ring (bicyclic) bond motifs is 3. The van der Waals surface area contributed by atoms with Crippen molar-refractivity contribution in [2.45, 2.75) is 98.2 Å². The summed E-state index contributed by atoms with van der Waals surface area (Å²) in [4.78, 5) is 60.6. The number of aliphatic hydroxyl groups is 3. The summed E-state index contributed by atoms with van der Waals surface area (Å²) in [7, 11) is 2.73. The summed E-state index contributed by atoms with van der Waals surface area (Å²) < 4.78 is 58.7. The summed E-state index contributed by atoms with van der Waals surface area (Å²) in [6.07, 6.45) is -8.23. The van der Waals surface area contributed by atoms with E-state index >= 15 is 0 Å². The molecule has 0 radical (unpaired) electrons. The van der Waals surface area contributed by atoms with Crippen LogP contribution in [0.15, 0.2) is 38.0 Å². The molecule has 15 atom stereocenters. The van der Waals surface area contributed by atoms with Gasteiger partial charge in [0, 0.05) is 20.6 Å². The van der Waals surface area contributed by atoms with Crippen LogP contribution in [0.1, 0.15) is 31.5 Å². The van der Waals surface area contributed by atoms with Gasteiger partial charge in [-0.05, 0) is 18.2 Å². The SMILES string of the molecule is COC1C(CCC(=O)O)OC(n2cnc3c(N)ncnc32)C1OC(S)C(O)OCC1OC(n2cnc3c(N)ncnc32)C(OP(O)(=S)OCC2OC(n3cnc4c(N)ncnc43)C(O)C2O)C1OC. The topological polar surface area (TPSA) is 410 Å². The molecule has 30 nitrogen and oxygen atoms in total. The minimum Gasteiger partial charge on any atom is -0.481 e. The van der Waals surface area contributed by atoms with Gasteiger partial charge in [-0.15, -0.1) is 12.6 Å². The van der Waals surface area contributed by atoms with E-state index in [1.165, 1.54) is 65.9 Å². The van der Waals surface area contributed by atoms with Gasteiger partial charge in [-0.3, -0.25) is 23.0 Å². The maximum Gasteiger partial charge on any atom is 0.325 e. The lowest BCUT2D eigenvalue weighted by atomic mass is 10.1. The van der Waals surface area contributed by atoms with Crippen molar-refractivity contribution in [3.63, 3.8) is 0 Å².